The third kappa shape index (κ3) is 2.79. The van der Waals surface area contributed by atoms with Crippen LogP contribution in [-0.2, 0) is 4.57 Å². The van der Waals surface area contributed by atoms with Gasteiger partial charge in [0.2, 0.25) is 0 Å². The van der Waals surface area contributed by atoms with E-state index in [0.717, 1.165) is 0 Å². The first-order valence-electron chi connectivity index (χ1n) is 3.44. The van der Waals surface area contributed by atoms with Crippen LogP contribution >= 0.6 is 19.2 Å². The largest absolute Gasteiger partial charge is 0.809 e. The summed E-state index contributed by atoms with van der Waals surface area (Å²) < 4.78 is 10.5. The van der Waals surface area contributed by atoms with Crippen LogP contribution in [0.1, 0.15) is 11.3 Å². The Balaban J connectivity index is 2.97. The molecule has 1 rings (SSSR count). The quantitative estimate of drug-likeness (QED) is 0.720. The first-order chi connectivity index (χ1) is 5.91. The molecular formula is C7H7ClNO3P-2. The van der Waals surface area contributed by atoms with Gasteiger partial charge in [0.15, 0.2) is 0 Å². The third-order valence-electron chi connectivity index (χ3n) is 1.55. The summed E-state index contributed by atoms with van der Waals surface area (Å²) in [6.45, 7) is 0. The minimum absolute atomic E-state index is 0.248. The van der Waals surface area contributed by atoms with Crippen molar-refractivity contribution in [1.29, 1.82) is 0 Å². The molecule has 0 aliphatic rings. The van der Waals surface area contributed by atoms with E-state index in [-0.39, 0.29) is 5.56 Å². The Morgan fingerprint density at radius 2 is 1.77 bits per heavy atom. The van der Waals surface area contributed by atoms with Crippen molar-refractivity contribution in [3.63, 3.8) is 0 Å². The molecule has 2 N–H and O–H groups in total. The van der Waals surface area contributed by atoms with Gasteiger partial charge in [0.25, 0.3) is 0 Å². The zero-order chi connectivity index (χ0) is 10.1. The highest BCUT2D eigenvalue weighted by molar-refractivity contribution is 7.49. The molecule has 1 aromatic carbocycles. The lowest BCUT2D eigenvalue weighted by molar-refractivity contribution is -0.316. The molecule has 13 heavy (non-hydrogen) atoms. The second-order valence-electron chi connectivity index (χ2n) is 2.54. The summed E-state index contributed by atoms with van der Waals surface area (Å²) in [4.78, 5) is 21.1. The molecule has 0 spiro atoms. The number of hydrogen-bond donors (Lipinski definition) is 1. The van der Waals surface area contributed by atoms with E-state index in [4.69, 9.17) is 17.3 Å². The number of nitrogens with two attached hydrogens (primary N) is 1. The Hall–Kier alpha value is -0.380. The van der Waals surface area contributed by atoms with Crippen molar-refractivity contribution < 1.29 is 14.4 Å². The highest BCUT2D eigenvalue weighted by atomic mass is 35.5. The fraction of sp³-hybridized carbons (Fsp3) is 0.143. The van der Waals surface area contributed by atoms with Gasteiger partial charge in [0.05, 0.1) is 5.78 Å². The van der Waals surface area contributed by atoms with Crippen molar-refractivity contribution in [3.8, 4) is 0 Å². The van der Waals surface area contributed by atoms with Gasteiger partial charge >= 0.3 is 0 Å². The van der Waals surface area contributed by atoms with Gasteiger partial charge in [-0.3, -0.25) is 0 Å². The van der Waals surface area contributed by atoms with Crippen LogP contribution in [0.15, 0.2) is 24.3 Å². The Morgan fingerprint density at radius 1 is 1.31 bits per heavy atom. The van der Waals surface area contributed by atoms with Crippen molar-refractivity contribution in [1.82, 2.24) is 0 Å². The van der Waals surface area contributed by atoms with Crippen molar-refractivity contribution in [2.45, 2.75) is 5.78 Å². The van der Waals surface area contributed by atoms with Gasteiger partial charge < -0.3 is 20.1 Å². The lowest BCUT2D eigenvalue weighted by Gasteiger charge is -2.35. The molecule has 4 nitrogen and oxygen atoms in total. The normalized spacial score (nSPS) is 14.2. The first-order valence-corrected chi connectivity index (χ1v) is 5.43. The lowest BCUT2D eigenvalue weighted by Crippen LogP contribution is -2.25. The maximum Gasteiger partial charge on any atom is 0.0575 e. The van der Waals surface area contributed by atoms with Crippen molar-refractivity contribution in [2.24, 2.45) is 5.73 Å². The molecule has 0 radical (unpaired) electrons. The van der Waals surface area contributed by atoms with E-state index in [1.165, 1.54) is 24.3 Å². The first kappa shape index (κ1) is 10.7. The van der Waals surface area contributed by atoms with Crippen LogP contribution in [0.25, 0.3) is 0 Å². The van der Waals surface area contributed by atoms with E-state index in [1.807, 2.05) is 0 Å². The maximum atomic E-state index is 10.5. The molecule has 0 aliphatic carbocycles. The number of rotatable bonds is 2. The molecule has 0 bridgehead atoms. The highest BCUT2D eigenvalue weighted by Crippen LogP contribution is 2.39. The van der Waals surface area contributed by atoms with E-state index >= 15 is 0 Å². The molecule has 0 aromatic heterocycles. The third-order valence-corrected chi connectivity index (χ3v) is 2.78. The molecule has 1 aromatic rings. The van der Waals surface area contributed by atoms with E-state index in [0.29, 0.717) is 5.02 Å². The van der Waals surface area contributed by atoms with Crippen molar-refractivity contribution >= 4 is 19.2 Å². The standard InChI is InChI=1S/C7H9ClNO3P/c8-6-3-1-5(2-4-6)7(9)13(10,11)12/h1-4,7H,9H2,(H2,10,11,12)/p-2. The van der Waals surface area contributed by atoms with Crippen LogP contribution in [0.4, 0.5) is 0 Å². The smallest absolute Gasteiger partial charge is 0.0575 e. The highest BCUT2D eigenvalue weighted by Gasteiger charge is 2.08. The van der Waals surface area contributed by atoms with E-state index in [2.05, 4.69) is 0 Å². The number of benzene rings is 1. The summed E-state index contributed by atoms with van der Waals surface area (Å²) in [5, 5.41) is 0.461. The fourth-order valence-electron chi connectivity index (χ4n) is 0.843. The van der Waals surface area contributed by atoms with Gasteiger partial charge in [0, 0.05) is 5.02 Å². The molecule has 0 aliphatic heterocycles. The van der Waals surface area contributed by atoms with Gasteiger partial charge in [-0.25, -0.2) is 0 Å². The lowest BCUT2D eigenvalue weighted by atomic mass is 10.2. The topological polar surface area (TPSA) is 89.2 Å². The average Bonchev–Trinajstić information content (AvgIpc) is 2.03. The molecular weight excluding hydrogens is 213 g/mol. The minimum atomic E-state index is -4.76. The average molecular weight is 220 g/mol. The summed E-state index contributed by atoms with van der Waals surface area (Å²) in [7, 11) is -4.76. The van der Waals surface area contributed by atoms with Gasteiger partial charge in [-0.15, -0.1) is 0 Å². The summed E-state index contributed by atoms with van der Waals surface area (Å²) in [5.74, 6) is -1.50. The van der Waals surface area contributed by atoms with Gasteiger partial charge in [0.1, 0.15) is 0 Å². The summed E-state index contributed by atoms with van der Waals surface area (Å²) in [6.07, 6.45) is 0. The number of halogens is 1. The number of hydrogen-bond acceptors (Lipinski definition) is 4. The van der Waals surface area contributed by atoms with Gasteiger partial charge in [-0.1, -0.05) is 23.7 Å². The monoisotopic (exact) mass is 219 g/mol. The predicted molar refractivity (Wildman–Crippen MR) is 46.0 cm³/mol. The molecule has 72 valence electrons. The molecule has 0 saturated carbocycles. The van der Waals surface area contributed by atoms with E-state index in [9.17, 15) is 14.4 Å². The Kier molecular flexibility index (Phi) is 3.11. The predicted octanol–water partition coefficient (Wildman–Crippen LogP) is 0.211. The maximum absolute atomic E-state index is 10.5. The molecule has 0 amide bonds. The van der Waals surface area contributed by atoms with E-state index < -0.39 is 13.4 Å². The van der Waals surface area contributed by atoms with E-state index in [1.54, 1.807) is 0 Å². The summed E-state index contributed by atoms with van der Waals surface area (Å²) in [6, 6.07) is 5.78. The van der Waals surface area contributed by atoms with Crippen LogP contribution < -0.4 is 15.5 Å². The van der Waals surface area contributed by atoms with Crippen LogP contribution in [0, 0.1) is 0 Å². The SMILES string of the molecule is NC(c1ccc(Cl)cc1)P(=O)([O-])[O-]. The van der Waals surface area contributed by atoms with Crippen molar-refractivity contribution in [2.75, 3.05) is 0 Å². The van der Waals surface area contributed by atoms with Crippen molar-refractivity contribution in [3.05, 3.63) is 34.9 Å². The summed E-state index contributed by atoms with van der Waals surface area (Å²) in [5.41, 5.74) is 5.44. The Labute approximate surface area is 80.5 Å². The Bertz CT molecular complexity index is 334. The molecule has 0 heterocycles. The second-order valence-corrected chi connectivity index (χ2v) is 4.61. The zero-order valence-electron chi connectivity index (χ0n) is 6.51. The van der Waals surface area contributed by atoms with Crippen LogP contribution in [-0.4, -0.2) is 0 Å². The molecule has 0 fully saturated rings. The minimum Gasteiger partial charge on any atom is -0.809 e. The van der Waals surface area contributed by atoms with Crippen LogP contribution in [0.2, 0.25) is 5.02 Å². The molecule has 6 heteroatoms. The molecule has 1 unspecified atom stereocenters. The van der Waals surface area contributed by atoms with Crippen LogP contribution in [0.3, 0.4) is 0 Å². The van der Waals surface area contributed by atoms with Gasteiger partial charge in [-0.2, -0.15) is 0 Å². The second kappa shape index (κ2) is 3.78. The van der Waals surface area contributed by atoms with Crippen LogP contribution in [0.5, 0.6) is 0 Å². The molecule has 0 saturated heterocycles. The summed E-state index contributed by atoms with van der Waals surface area (Å²) >= 11 is 5.56. The zero-order valence-corrected chi connectivity index (χ0v) is 8.16. The van der Waals surface area contributed by atoms with Gasteiger partial charge in [-0.05, 0) is 25.3 Å². The molecule has 1 atom stereocenters. The Morgan fingerprint density at radius 3 is 2.15 bits per heavy atom. The fourth-order valence-corrected chi connectivity index (χ4v) is 1.51.